The van der Waals surface area contributed by atoms with Gasteiger partial charge in [0, 0.05) is 11.1 Å². The highest BCUT2D eigenvalue weighted by atomic mass is 32.1. The van der Waals surface area contributed by atoms with Gasteiger partial charge >= 0.3 is 0 Å². The summed E-state index contributed by atoms with van der Waals surface area (Å²) in [5, 5.41) is 4.03. The molecule has 3 aromatic rings. The van der Waals surface area contributed by atoms with Gasteiger partial charge in [-0.05, 0) is 51.1 Å². The molecule has 1 aliphatic carbocycles. The Balaban J connectivity index is 1.64. The van der Waals surface area contributed by atoms with E-state index in [1.807, 2.05) is 49.7 Å². The standard InChI is InChI=1S/C26H21NO4S/c1-25(2,3)19-12-15(16-10-11-32-14-16)8-9-20(19)27-21(28)13-26(24(27)31)22(29)17-6-4-5-7-18(17)23(26)30/h4-12,14H,13H2,1-3H3. The lowest BCUT2D eigenvalue weighted by Crippen LogP contribution is -2.43. The Morgan fingerprint density at radius 2 is 1.53 bits per heavy atom. The van der Waals surface area contributed by atoms with Crippen LogP contribution in [0.5, 0.6) is 0 Å². The predicted molar refractivity (Wildman–Crippen MR) is 123 cm³/mol. The Labute approximate surface area is 189 Å². The molecular weight excluding hydrogens is 422 g/mol. The fourth-order valence-electron chi connectivity index (χ4n) is 4.67. The molecule has 1 spiro atoms. The van der Waals surface area contributed by atoms with Crippen molar-refractivity contribution >= 4 is 40.4 Å². The zero-order chi connectivity index (χ0) is 22.8. The first-order valence-electron chi connectivity index (χ1n) is 10.4. The van der Waals surface area contributed by atoms with Gasteiger partial charge in [-0.25, -0.2) is 4.90 Å². The first kappa shape index (κ1) is 20.5. The van der Waals surface area contributed by atoms with E-state index in [2.05, 4.69) is 0 Å². The molecule has 0 saturated carbocycles. The number of fused-ring (bicyclic) bond motifs is 1. The number of imide groups is 1. The summed E-state index contributed by atoms with van der Waals surface area (Å²) in [6.07, 6.45) is -0.436. The number of rotatable bonds is 2. The normalized spacial score (nSPS) is 17.5. The van der Waals surface area contributed by atoms with Gasteiger partial charge in [0.2, 0.25) is 5.91 Å². The number of anilines is 1. The molecule has 5 nitrogen and oxygen atoms in total. The Morgan fingerprint density at radius 1 is 0.875 bits per heavy atom. The summed E-state index contributed by atoms with van der Waals surface area (Å²) >= 11 is 1.59. The van der Waals surface area contributed by atoms with Gasteiger partial charge in [0.05, 0.1) is 12.1 Å². The summed E-state index contributed by atoms with van der Waals surface area (Å²) in [6.45, 7) is 6.02. The smallest absolute Gasteiger partial charge is 0.256 e. The molecular formula is C26H21NO4S. The maximum Gasteiger partial charge on any atom is 0.256 e. The molecule has 1 saturated heterocycles. The van der Waals surface area contributed by atoms with Gasteiger partial charge in [-0.15, -0.1) is 0 Å². The Bertz CT molecular complexity index is 1280. The molecule has 0 radical (unpaired) electrons. The molecule has 1 fully saturated rings. The minimum Gasteiger partial charge on any atom is -0.292 e. The minimum atomic E-state index is -1.98. The third kappa shape index (κ3) is 2.69. The van der Waals surface area contributed by atoms with Crippen LogP contribution in [0.1, 0.15) is 53.5 Å². The van der Waals surface area contributed by atoms with Crippen molar-refractivity contribution in [1.82, 2.24) is 0 Å². The third-order valence-electron chi connectivity index (χ3n) is 6.33. The van der Waals surface area contributed by atoms with Crippen LogP contribution in [0.2, 0.25) is 0 Å². The van der Waals surface area contributed by atoms with E-state index in [-0.39, 0.29) is 16.5 Å². The highest BCUT2D eigenvalue weighted by Gasteiger charge is 2.66. The summed E-state index contributed by atoms with van der Waals surface area (Å²) in [7, 11) is 0. The lowest BCUT2D eigenvalue weighted by Gasteiger charge is -2.28. The van der Waals surface area contributed by atoms with Gasteiger partial charge in [0.25, 0.3) is 5.91 Å². The van der Waals surface area contributed by atoms with Crippen LogP contribution in [0, 0.1) is 5.41 Å². The number of nitrogens with zero attached hydrogens (tertiary/aromatic N) is 1. The predicted octanol–water partition coefficient (Wildman–Crippen LogP) is 5.04. The van der Waals surface area contributed by atoms with Gasteiger partial charge in [-0.1, -0.05) is 51.1 Å². The van der Waals surface area contributed by atoms with E-state index in [0.717, 1.165) is 21.6 Å². The van der Waals surface area contributed by atoms with E-state index >= 15 is 0 Å². The van der Waals surface area contributed by atoms with Crippen molar-refractivity contribution in [2.24, 2.45) is 5.41 Å². The summed E-state index contributed by atoms with van der Waals surface area (Å²) < 4.78 is 0. The summed E-state index contributed by atoms with van der Waals surface area (Å²) in [5.41, 5.74) is 1.32. The summed E-state index contributed by atoms with van der Waals surface area (Å²) in [6, 6.07) is 14.0. The van der Waals surface area contributed by atoms with Crippen molar-refractivity contribution in [1.29, 1.82) is 0 Å². The zero-order valence-electron chi connectivity index (χ0n) is 18.0. The van der Waals surface area contributed by atoms with Crippen molar-refractivity contribution in [3.8, 4) is 11.1 Å². The molecule has 2 heterocycles. The van der Waals surface area contributed by atoms with Crippen LogP contribution in [-0.2, 0) is 15.0 Å². The molecule has 5 rings (SSSR count). The molecule has 2 aromatic carbocycles. The number of carbonyl (C=O) groups excluding carboxylic acids is 4. The first-order valence-corrected chi connectivity index (χ1v) is 11.3. The molecule has 2 amide bonds. The zero-order valence-corrected chi connectivity index (χ0v) is 18.8. The molecule has 32 heavy (non-hydrogen) atoms. The highest BCUT2D eigenvalue weighted by Crippen LogP contribution is 2.48. The molecule has 1 aliphatic heterocycles. The van der Waals surface area contributed by atoms with E-state index in [0.29, 0.717) is 5.69 Å². The topological polar surface area (TPSA) is 71.5 Å². The summed E-state index contributed by atoms with van der Waals surface area (Å²) in [4.78, 5) is 54.4. The number of hydrogen-bond donors (Lipinski definition) is 0. The molecule has 160 valence electrons. The SMILES string of the molecule is CC(C)(C)c1cc(-c2ccsc2)ccc1N1C(=O)CC2(C(=O)c3ccccc3C2=O)C1=O. The fraction of sp³-hybridized carbons (Fsp3) is 0.231. The molecule has 6 heteroatoms. The van der Waals surface area contributed by atoms with Crippen molar-refractivity contribution < 1.29 is 19.2 Å². The van der Waals surface area contributed by atoms with E-state index in [9.17, 15) is 19.2 Å². The number of ketones is 2. The average Bonchev–Trinajstić information content (AvgIpc) is 3.43. The second-order valence-corrected chi connectivity index (χ2v) is 10.1. The number of amides is 2. The van der Waals surface area contributed by atoms with Crippen LogP contribution < -0.4 is 4.90 Å². The highest BCUT2D eigenvalue weighted by molar-refractivity contribution is 7.08. The number of benzene rings is 2. The van der Waals surface area contributed by atoms with E-state index < -0.39 is 35.2 Å². The Morgan fingerprint density at radius 3 is 2.09 bits per heavy atom. The first-order chi connectivity index (χ1) is 15.2. The minimum absolute atomic E-state index is 0.212. The van der Waals surface area contributed by atoms with Gasteiger partial charge in [0.1, 0.15) is 0 Å². The van der Waals surface area contributed by atoms with Gasteiger partial charge in [-0.3, -0.25) is 19.2 Å². The van der Waals surface area contributed by atoms with Crippen LogP contribution in [0.4, 0.5) is 5.69 Å². The molecule has 0 atom stereocenters. The van der Waals surface area contributed by atoms with Crippen LogP contribution in [0.15, 0.2) is 59.3 Å². The maximum atomic E-state index is 13.7. The fourth-order valence-corrected chi connectivity index (χ4v) is 5.33. The van der Waals surface area contributed by atoms with Crippen molar-refractivity contribution in [2.45, 2.75) is 32.6 Å². The van der Waals surface area contributed by atoms with Gasteiger partial charge in [0.15, 0.2) is 17.0 Å². The number of Topliss-reactive ketones (excluding diaryl/α,β-unsaturated/α-hetero) is 2. The molecule has 0 bridgehead atoms. The maximum absolute atomic E-state index is 13.7. The van der Waals surface area contributed by atoms with E-state index in [4.69, 9.17) is 0 Å². The second-order valence-electron chi connectivity index (χ2n) is 9.31. The molecule has 1 aromatic heterocycles. The lowest BCUT2D eigenvalue weighted by molar-refractivity contribution is -0.122. The lowest BCUT2D eigenvalue weighted by atomic mass is 9.80. The Hall–Kier alpha value is -3.38. The largest absolute Gasteiger partial charge is 0.292 e. The van der Waals surface area contributed by atoms with Crippen LogP contribution in [-0.4, -0.2) is 23.4 Å². The van der Waals surface area contributed by atoms with Gasteiger partial charge < -0.3 is 0 Å². The second kappa shape index (κ2) is 6.81. The monoisotopic (exact) mass is 443 g/mol. The van der Waals surface area contributed by atoms with Gasteiger partial charge in [-0.2, -0.15) is 11.3 Å². The number of carbonyl (C=O) groups is 4. The van der Waals surface area contributed by atoms with Crippen molar-refractivity contribution in [2.75, 3.05) is 4.90 Å². The number of thiophene rings is 1. The van der Waals surface area contributed by atoms with E-state index in [1.165, 1.54) is 0 Å². The van der Waals surface area contributed by atoms with Crippen LogP contribution in [0.25, 0.3) is 11.1 Å². The number of hydrogen-bond acceptors (Lipinski definition) is 5. The average molecular weight is 444 g/mol. The molecule has 0 unspecified atom stereocenters. The van der Waals surface area contributed by atoms with Crippen LogP contribution in [0.3, 0.4) is 0 Å². The molecule has 0 N–H and O–H groups in total. The summed E-state index contributed by atoms with van der Waals surface area (Å²) in [5.74, 6) is -2.43. The van der Waals surface area contributed by atoms with Crippen LogP contribution >= 0.6 is 11.3 Å². The Kier molecular flexibility index (Phi) is 4.37. The molecule has 2 aliphatic rings. The third-order valence-corrected chi connectivity index (χ3v) is 7.01. The van der Waals surface area contributed by atoms with Crippen molar-refractivity contribution in [3.63, 3.8) is 0 Å². The van der Waals surface area contributed by atoms with E-state index in [1.54, 1.807) is 41.7 Å². The quantitative estimate of drug-likeness (QED) is 0.411. The van der Waals surface area contributed by atoms with Crippen molar-refractivity contribution in [3.05, 3.63) is 76.0 Å².